The SMILES string of the molecule is C=C(C(=O)OCC(=O)OC1OC2C(C)OC(=O)C2C1C(=O)OC(C(F)(F)F)C(F)(F)F)C(F)(F)F. The molecule has 2 fully saturated rings. The Labute approximate surface area is 188 Å². The maximum atomic E-state index is 12.8. The van der Waals surface area contributed by atoms with Gasteiger partial charge in [-0.1, -0.05) is 6.58 Å². The topological polar surface area (TPSA) is 114 Å². The third-order valence-corrected chi connectivity index (χ3v) is 4.62. The second-order valence-corrected chi connectivity index (χ2v) is 7.11. The summed E-state index contributed by atoms with van der Waals surface area (Å²) in [7, 11) is 0. The molecular formula is C17H13F9O9. The number of rotatable bonds is 6. The van der Waals surface area contributed by atoms with Gasteiger partial charge in [-0.05, 0) is 6.92 Å². The largest absolute Gasteiger partial charge is 0.460 e. The predicted molar refractivity (Wildman–Crippen MR) is 85.4 cm³/mol. The molecule has 0 amide bonds. The fraction of sp³-hybridized carbons (Fsp3) is 0.647. The monoisotopic (exact) mass is 532 g/mol. The van der Waals surface area contributed by atoms with Crippen LogP contribution in [-0.2, 0) is 42.9 Å². The molecule has 198 valence electrons. The summed E-state index contributed by atoms with van der Waals surface area (Å²) >= 11 is 0. The molecule has 0 saturated carbocycles. The maximum Gasteiger partial charge on any atom is 0.434 e. The van der Waals surface area contributed by atoms with Gasteiger partial charge in [0.2, 0.25) is 6.29 Å². The average molecular weight is 532 g/mol. The van der Waals surface area contributed by atoms with E-state index in [1.54, 1.807) is 0 Å². The first-order valence-corrected chi connectivity index (χ1v) is 9.07. The molecule has 0 spiro atoms. The highest BCUT2D eigenvalue weighted by molar-refractivity contribution is 5.90. The first kappa shape index (κ1) is 28.2. The summed E-state index contributed by atoms with van der Waals surface area (Å²) < 4.78 is 136. The fourth-order valence-corrected chi connectivity index (χ4v) is 3.07. The van der Waals surface area contributed by atoms with E-state index < -0.39 is 91.0 Å². The van der Waals surface area contributed by atoms with Crippen molar-refractivity contribution < 1.29 is 82.4 Å². The van der Waals surface area contributed by atoms with Crippen LogP contribution >= 0.6 is 0 Å². The van der Waals surface area contributed by atoms with Gasteiger partial charge in [0.15, 0.2) is 6.61 Å². The van der Waals surface area contributed by atoms with Crippen LogP contribution in [0.5, 0.6) is 0 Å². The van der Waals surface area contributed by atoms with E-state index in [9.17, 15) is 58.7 Å². The molecule has 0 aromatic rings. The van der Waals surface area contributed by atoms with Crippen molar-refractivity contribution in [3.05, 3.63) is 12.2 Å². The van der Waals surface area contributed by atoms with E-state index in [2.05, 4.69) is 20.8 Å². The normalized spacial score (nSPS) is 26.7. The number of alkyl halides is 9. The van der Waals surface area contributed by atoms with Crippen molar-refractivity contribution in [3.8, 4) is 0 Å². The van der Waals surface area contributed by atoms with Gasteiger partial charge < -0.3 is 23.7 Å². The van der Waals surface area contributed by atoms with Gasteiger partial charge in [-0.15, -0.1) is 0 Å². The Morgan fingerprint density at radius 2 is 1.57 bits per heavy atom. The van der Waals surface area contributed by atoms with Crippen molar-refractivity contribution in [3.63, 3.8) is 0 Å². The smallest absolute Gasteiger partial charge is 0.434 e. The van der Waals surface area contributed by atoms with Gasteiger partial charge in [-0.2, -0.15) is 39.5 Å². The van der Waals surface area contributed by atoms with E-state index >= 15 is 0 Å². The van der Waals surface area contributed by atoms with E-state index in [-0.39, 0.29) is 0 Å². The molecule has 2 saturated heterocycles. The molecule has 9 nitrogen and oxygen atoms in total. The molecule has 0 aliphatic carbocycles. The molecule has 5 atom stereocenters. The van der Waals surface area contributed by atoms with Gasteiger partial charge in [0, 0.05) is 0 Å². The number of carbonyl (C=O) groups is 4. The number of ether oxygens (including phenoxy) is 5. The maximum absolute atomic E-state index is 12.8. The Morgan fingerprint density at radius 3 is 2.06 bits per heavy atom. The Hall–Kier alpha value is -3.05. The molecule has 0 radical (unpaired) electrons. The molecule has 0 N–H and O–H groups in total. The number of esters is 4. The van der Waals surface area contributed by atoms with Crippen LogP contribution in [0.3, 0.4) is 0 Å². The lowest BCUT2D eigenvalue weighted by atomic mass is 9.90. The molecule has 0 aromatic carbocycles. The third kappa shape index (κ3) is 6.34. The van der Waals surface area contributed by atoms with Crippen molar-refractivity contribution in [2.45, 2.75) is 50.1 Å². The van der Waals surface area contributed by atoms with Gasteiger partial charge in [0.1, 0.15) is 29.6 Å². The van der Waals surface area contributed by atoms with E-state index in [0.717, 1.165) is 0 Å². The van der Waals surface area contributed by atoms with E-state index in [0.29, 0.717) is 0 Å². The number of cyclic esters (lactones) is 1. The van der Waals surface area contributed by atoms with Crippen molar-refractivity contribution >= 4 is 23.9 Å². The molecular weight excluding hydrogens is 519 g/mol. The lowest BCUT2D eigenvalue weighted by Crippen LogP contribution is -2.48. The first-order valence-electron chi connectivity index (χ1n) is 9.07. The Balaban J connectivity index is 2.19. The van der Waals surface area contributed by atoms with Gasteiger partial charge >= 0.3 is 42.4 Å². The van der Waals surface area contributed by atoms with Crippen LogP contribution in [0.25, 0.3) is 0 Å². The van der Waals surface area contributed by atoms with Gasteiger partial charge in [0.05, 0.1) is 0 Å². The standard InChI is InChI=1S/C17H13F9O9/c1-4(15(18,19)20)10(28)31-3-6(27)33-13-8(7-9(34-13)5(2)32-11(7)29)12(30)35-14(16(21,22)23)17(24,25)26/h5,7-9,13-14H,1,3H2,2H3. The van der Waals surface area contributed by atoms with Crippen LogP contribution < -0.4 is 0 Å². The summed E-state index contributed by atoms with van der Waals surface area (Å²) in [6.45, 7) is 2.01. The summed E-state index contributed by atoms with van der Waals surface area (Å²) in [5, 5.41) is 0. The van der Waals surface area contributed by atoms with Crippen LogP contribution in [0, 0.1) is 11.8 Å². The van der Waals surface area contributed by atoms with Crippen LogP contribution in [0.1, 0.15) is 6.92 Å². The lowest BCUT2D eigenvalue weighted by Gasteiger charge is -2.26. The molecule has 2 aliphatic rings. The minimum Gasteiger partial charge on any atom is -0.460 e. The van der Waals surface area contributed by atoms with Crippen molar-refractivity contribution in [1.82, 2.24) is 0 Å². The molecule has 0 bridgehead atoms. The molecule has 0 aromatic heterocycles. The van der Waals surface area contributed by atoms with E-state index in [1.807, 2.05) is 0 Å². The highest BCUT2D eigenvalue weighted by Crippen LogP contribution is 2.44. The number of hydrogen-bond donors (Lipinski definition) is 0. The fourth-order valence-electron chi connectivity index (χ4n) is 3.07. The van der Waals surface area contributed by atoms with E-state index in [1.165, 1.54) is 6.92 Å². The van der Waals surface area contributed by atoms with Gasteiger partial charge in [-0.25, -0.2) is 9.59 Å². The van der Waals surface area contributed by atoms with Crippen molar-refractivity contribution in [1.29, 1.82) is 0 Å². The van der Waals surface area contributed by atoms with Crippen molar-refractivity contribution in [2.75, 3.05) is 6.61 Å². The Bertz CT molecular complexity index is 879. The number of halogens is 9. The summed E-state index contributed by atoms with van der Waals surface area (Å²) in [4.78, 5) is 47.4. The summed E-state index contributed by atoms with van der Waals surface area (Å²) in [6, 6.07) is 0. The molecule has 5 unspecified atom stereocenters. The lowest BCUT2D eigenvalue weighted by molar-refractivity contribution is -0.315. The highest BCUT2D eigenvalue weighted by Gasteiger charge is 2.65. The average Bonchev–Trinajstić information content (AvgIpc) is 3.18. The van der Waals surface area contributed by atoms with Gasteiger partial charge in [0.25, 0.3) is 6.10 Å². The highest BCUT2D eigenvalue weighted by atomic mass is 19.4. The minimum absolute atomic E-state index is 1.17. The third-order valence-electron chi connectivity index (χ3n) is 4.62. The van der Waals surface area contributed by atoms with Gasteiger partial charge in [-0.3, -0.25) is 9.59 Å². The number of fused-ring (bicyclic) bond motifs is 1. The molecule has 2 heterocycles. The Kier molecular flexibility index (Phi) is 7.68. The zero-order chi connectivity index (χ0) is 27.1. The van der Waals surface area contributed by atoms with Crippen LogP contribution in [-0.4, -0.2) is 73.6 Å². The van der Waals surface area contributed by atoms with E-state index in [4.69, 9.17) is 9.47 Å². The van der Waals surface area contributed by atoms with Crippen molar-refractivity contribution in [2.24, 2.45) is 11.8 Å². The number of hydrogen-bond acceptors (Lipinski definition) is 9. The summed E-state index contributed by atoms with van der Waals surface area (Å²) in [5.41, 5.74) is -2.01. The zero-order valence-electron chi connectivity index (χ0n) is 17.0. The second-order valence-electron chi connectivity index (χ2n) is 7.11. The first-order chi connectivity index (χ1) is 15.7. The summed E-state index contributed by atoms with van der Waals surface area (Å²) in [6.07, 6.45) is -27.1. The van der Waals surface area contributed by atoms with Crippen LogP contribution in [0.2, 0.25) is 0 Å². The second kappa shape index (κ2) is 9.54. The molecule has 2 aliphatic heterocycles. The summed E-state index contributed by atoms with van der Waals surface area (Å²) in [5.74, 6) is -11.7. The number of carbonyl (C=O) groups excluding carboxylic acids is 4. The zero-order valence-corrected chi connectivity index (χ0v) is 17.0. The quantitative estimate of drug-likeness (QED) is 0.220. The predicted octanol–water partition coefficient (Wildman–Crippen LogP) is 2.13. The Morgan fingerprint density at radius 1 is 1.03 bits per heavy atom. The molecule has 2 rings (SSSR count). The molecule has 35 heavy (non-hydrogen) atoms. The van der Waals surface area contributed by atoms with Crippen LogP contribution in [0.4, 0.5) is 39.5 Å². The van der Waals surface area contributed by atoms with Crippen LogP contribution in [0.15, 0.2) is 12.2 Å². The minimum atomic E-state index is -6.11. The molecule has 18 heteroatoms.